The van der Waals surface area contributed by atoms with Crippen LogP contribution in [-0.2, 0) is 4.74 Å². The second kappa shape index (κ2) is 4.82. The maximum atomic E-state index is 12.6. The fraction of sp³-hybridized carbons (Fsp3) is 0.333. The van der Waals surface area contributed by atoms with Crippen molar-refractivity contribution in [1.82, 2.24) is 4.98 Å². The van der Waals surface area contributed by atoms with E-state index in [1.807, 2.05) is 0 Å². The molecule has 0 N–H and O–H groups in total. The number of ether oxygens (including phenoxy) is 1. The summed E-state index contributed by atoms with van der Waals surface area (Å²) < 4.78 is 29.7. The molecule has 1 rings (SSSR count). The first-order valence-electron chi connectivity index (χ1n) is 4.01. The van der Waals surface area contributed by atoms with E-state index in [-0.39, 0.29) is 14.8 Å². The summed E-state index contributed by atoms with van der Waals surface area (Å²) in [5.41, 5.74) is 0.114. The van der Waals surface area contributed by atoms with Crippen LogP contribution in [-0.4, -0.2) is 18.1 Å². The van der Waals surface area contributed by atoms with E-state index >= 15 is 0 Å². The van der Waals surface area contributed by atoms with E-state index in [0.717, 1.165) is 0 Å². The van der Waals surface area contributed by atoms with Crippen molar-refractivity contribution < 1.29 is 18.3 Å². The Bertz CT molecular complexity index is 396. The number of hydrogen-bond acceptors (Lipinski definition) is 3. The number of methoxy groups -OCH3 is 1. The first-order chi connectivity index (χ1) is 6.97. The van der Waals surface area contributed by atoms with Crippen LogP contribution < -0.4 is 0 Å². The van der Waals surface area contributed by atoms with Crippen LogP contribution in [0.2, 0.25) is 0 Å². The molecule has 0 unspecified atom stereocenters. The monoisotopic (exact) mass is 327 g/mol. The molecule has 6 heteroatoms. The highest BCUT2D eigenvalue weighted by molar-refractivity contribution is 14.1. The van der Waals surface area contributed by atoms with Crippen molar-refractivity contribution in [2.45, 2.75) is 13.3 Å². The smallest absolute Gasteiger partial charge is 0.357 e. The molecule has 0 radical (unpaired) electrons. The van der Waals surface area contributed by atoms with Gasteiger partial charge in [-0.15, -0.1) is 0 Å². The van der Waals surface area contributed by atoms with Gasteiger partial charge in [0.1, 0.15) is 0 Å². The molecule has 0 amide bonds. The summed E-state index contributed by atoms with van der Waals surface area (Å²) in [6.07, 6.45) is -2.62. The molecular weight excluding hydrogens is 319 g/mol. The van der Waals surface area contributed by atoms with Crippen LogP contribution in [0, 0.1) is 10.5 Å². The Kier molecular flexibility index (Phi) is 3.95. The number of esters is 1. The lowest BCUT2D eigenvalue weighted by Gasteiger charge is -2.08. The number of pyridine rings is 1. The standard InChI is InChI=1S/C9H8F2INO2/c1-4-3-5(8(10)11)6(12)7(13-4)9(14)15-2/h3,8H,1-2H3. The van der Waals surface area contributed by atoms with Crippen LogP contribution in [0.5, 0.6) is 0 Å². The number of carbonyl (C=O) groups is 1. The average molecular weight is 327 g/mol. The Morgan fingerprint density at radius 1 is 1.60 bits per heavy atom. The van der Waals surface area contributed by atoms with Gasteiger partial charge in [-0.3, -0.25) is 0 Å². The van der Waals surface area contributed by atoms with Crippen molar-refractivity contribution in [3.63, 3.8) is 0 Å². The molecule has 0 aliphatic heterocycles. The Morgan fingerprint density at radius 3 is 2.67 bits per heavy atom. The van der Waals surface area contributed by atoms with Crippen molar-refractivity contribution in [3.8, 4) is 0 Å². The molecule has 3 nitrogen and oxygen atoms in total. The van der Waals surface area contributed by atoms with E-state index in [1.165, 1.54) is 13.2 Å². The van der Waals surface area contributed by atoms with Gasteiger partial charge >= 0.3 is 5.97 Å². The maximum Gasteiger partial charge on any atom is 0.357 e. The zero-order valence-corrected chi connectivity index (χ0v) is 10.2. The highest BCUT2D eigenvalue weighted by Gasteiger charge is 2.20. The molecule has 0 aliphatic rings. The predicted octanol–water partition coefficient (Wildman–Crippen LogP) is 2.72. The molecule has 82 valence electrons. The quantitative estimate of drug-likeness (QED) is 0.619. The molecule has 0 saturated carbocycles. The van der Waals surface area contributed by atoms with E-state index in [2.05, 4.69) is 9.72 Å². The fourth-order valence-corrected chi connectivity index (χ4v) is 1.81. The van der Waals surface area contributed by atoms with Crippen molar-refractivity contribution in [1.29, 1.82) is 0 Å². The molecule has 0 aromatic carbocycles. The molecule has 15 heavy (non-hydrogen) atoms. The van der Waals surface area contributed by atoms with Gasteiger partial charge < -0.3 is 4.74 Å². The summed E-state index contributed by atoms with van der Waals surface area (Å²) in [4.78, 5) is 15.1. The van der Waals surface area contributed by atoms with Crippen molar-refractivity contribution in [3.05, 3.63) is 26.6 Å². The third-order valence-electron chi connectivity index (χ3n) is 1.73. The van der Waals surface area contributed by atoms with Crippen LogP contribution in [0.3, 0.4) is 0 Å². The van der Waals surface area contributed by atoms with E-state index < -0.39 is 12.4 Å². The lowest BCUT2D eigenvalue weighted by atomic mass is 10.2. The summed E-state index contributed by atoms with van der Waals surface area (Å²) in [7, 11) is 1.18. The van der Waals surface area contributed by atoms with Crippen molar-refractivity contribution >= 4 is 28.6 Å². The normalized spacial score (nSPS) is 10.5. The van der Waals surface area contributed by atoms with E-state index in [9.17, 15) is 13.6 Å². The summed E-state index contributed by atoms with van der Waals surface area (Å²) in [6.45, 7) is 1.55. The van der Waals surface area contributed by atoms with Crippen molar-refractivity contribution in [2.75, 3.05) is 7.11 Å². The third kappa shape index (κ3) is 2.61. The topological polar surface area (TPSA) is 39.2 Å². The largest absolute Gasteiger partial charge is 0.464 e. The molecule has 0 spiro atoms. The Balaban J connectivity index is 3.34. The van der Waals surface area contributed by atoms with Crippen LogP contribution in [0.4, 0.5) is 8.78 Å². The zero-order chi connectivity index (χ0) is 11.6. The summed E-state index contributed by atoms with van der Waals surface area (Å²) >= 11 is 1.67. The number of nitrogens with zero attached hydrogens (tertiary/aromatic N) is 1. The first-order valence-corrected chi connectivity index (χ1v) is 5.08. The van der Waals surface area contributed by atoms with Gasteiger partial charge in [-0.1, -0.05) is 0 Å². The molecule has 1 aromatic rings. The van der Waals surface area contributed by atoms with Crippen LogP contribution in [0.15, 0.2) is 6.07 Å². The minimum absolute atomic E-state index is 0.0617. The minimum atomic E-state index is -2.62. The molecule has 0 saturated heterocycles. The van der Waals surface area contributed by atoms with E-state index in [1.54, 1.807) is 29.5 Å². The highest BCUT2D eigenvalue weighted by atomic mass is 127. The number of aromatic nitrogens is 1. The zero-order valence-electron chi connectivity index (χ0n) is 8.05. The second-order valence-electron chi connectivity index (χ2n) is 2.81. The van der Waals surface area contributed by atoms with Gasteiger partial charge in [-0.2, -0.15) is 0 Å². The van der Waals surface area contributed by atoms with Gasteiger partial charge in [0.2, 0.25) is 0 Å². The van der Waals surface area contributed by atoms with Gasteiger partial charge in [0.05, 0.1) is 10.7 Å². The van der Waals surface area contributed by atoms with Gasteiger partial charge in [-0.05, 0) is 35.6 Å². The fourth-order valence-electron chi connectivity index (χ4n) is 1.07. The maximum absolute atomic E-state index is 12.6. The molecule has 1 heterocycles. The molecule has 0 atom stereocenters. The van der Waals surface area contributed by atoms with Crippen LogP contribution >= 0.6 is 22.6 Å². The molecule has 0 aliphatic carbocycles. The predicted molar refractivity (Wildman–Crippen MR) is 58.0 cm³/mol. The Morgan fingerprint density at radius 2 is 2.20 bits per heavy atom. The van der Waals surface area contributed by atoms with Gasteiger partial charge in [-0.25, -0.2) is 18.6 Å². The SMILES string of the molecule is COC(=O)c1nc(C)cc(C(F)F)c1I. The third-order valence-corrected chi connectivity index (χ3v) is 2.86. The van der Waals surface area contributed by atoms with E-state index in [4.69, 9.17) is 0 Å². The second-order valence-corrected chi connectivity index (χ2v) is 3.89. The van der Waals surface area contributed by atoms with Gasteiger partial charge in [0, 0.05) is 11.3 Å². The molecular formula is C9H8F2INO2. The lowest BCUT2D eigenvalue weighted by Crippen LogP contribution is -2.10. The highest BCUT2D eigenvalue weighted by Crippen LogP contribution is 2.27. The van der Waals surface area contributed by atoms with E-state index in [0.29, 0.717) is 5.69 Å². The Labute approximate surface area is 99.0 Å². The first kappa shape index (κ1) is 12.3. The molecule has 0 bridgehead atoms. The van der Waals surface area contributed by atoms with Crippen LogP contribution in [0.25, 0.3) is 0 Å². The van der Waals surface area contributed by atoms with Gasteiger partial charge in [0.15, 0.2) is 5.69 Å². The minimum Gasteiger partial charge on any atom is -0.464 e. The lowest BCUT2D eigenvalue weighted by molar-refractivity contribution is 0.0591. The molecule has 1 aromatic heterocycles. The number of rotatable bonds is 2. The number of aryl methyl sites for hydroxylation is 1. The summed E-state index contributed by atoms with van der Waals surface area (Å²) in [5, 5.41) is 0. The molecule has 0 fully saturated rings. The summed E-state index contributed by atoms with van der Waals surface area (Å²) in [5.74, 6) is -0.704. The van der Waals surface area contributed by atoms with Crippen LogP contribution in [0.1, 0.15) is 28.2 Å². The van der Waals surface area contributed by atoms with Gasteiger partial charge in [0.25, 0.3) is 6.43 Å². The Hall–Kier alpha value is -0.790. The number of alkyl halides is 2. The number of carbonyl (C=O) groups excluding carboxylic acids is 1. The summed E-state index contributed by atoms with van der Waals surface area (Å²) in [6, 6.07) is 1.26. The van der Waals surface area contributed by atoms with Crippen molar-refractivity contribution in [2.24, 2.45) is 0 Å². The number of halogens is 3. The number of hydrogen-bond donors (Lipinski definition) is 0. The average Bonchev–Trinajstić information content (AvgIpc) is 2.19.